The third-order valence-electron chi connectivity index (χ3n) is 6.10. The smallest absolute Gasteiger partial charge is 0.305 e. The minimum Gasteiger partial charge on any atom is -0.466 e. The normalized spacial score (nSPS) is 14.7. The lowest BCUT2D eigenvalue weighted by Gasteiger charge is -2.28. The van der Waals surface area contributed by atoms with Crippen molar-refractivity contribution >= 4 is 27.5 Å². The molecule has 31 heavy (non-hydrogen) atoms. The molecule has 6 heteroatoms. The molecule has 1 aromatic heterocycles. The summed E-state index contributed by atoms with van der Waals surface area (Å²) in [7, 11) is 2.19. The Labute approximate surface area is 188 Å². The van der Waals surface area contributed by atoms with E-state index in [4.69, 9.17) is 9.47 Å². The van der Waals surface area contributed by atoms with Crippen LogP contribution in [0.4, 0.5) is 0 Å². The highest BCUT2D eigenvalue weighted by Gasteiger charge is 2.45. The summed E-state index contributed by atoms with van der Waals surface area (Å²) < 4.78 is 12.1. The maximum atomic E-state index is 11.5. The molecular formula is C25H30N2O3S. The van der Waals surface area contributed by atoms with Gasteiger partial charge in [0.25, 0.3) is 5.19 Å². The number of rotatable bonds is 11. The molecule has 0 N–H and O–H groups in total. The molecule has 1 aliphatic rings. The maximum Gasteiger partial charge on any atom is 0.305 e. The van der Waals surface area contributed by atoms with Gasteiger partial charge in [-0.25, -0.2) is 4.98 Å². The number of aromatic nitrogens is 1. The van der Waals surface area contributed by atoms with Gasteiger partial charge in [-0.05, 0) is 82.4 Å². The molecular weight excluding hydrogens is 408 g/mol. The van der Waals surface area contributed by atoms with Crippen LogP contribution in [0.25, 0.3) is 10.2 Å². The van der Waals surface area contributed by atoms with E-state index in [1.165, 1.54) is 18.4 Å². The van der Waals surface area contributed by atoms with Crippen molar-refractivity contribution in [2.75, 3.05) is 20.2 Å². The molecule has 164 valence electrons. The average molecular weight is 439 g/mol. The van der Waals surface area contributed by atoms with E-state index < -0.39 is 0 Å². The lowest BCUT2D eigenvalue weighted by Crippen LogP contribution is -2.35. The minimum absolute atomic E-state index is 0.0890. The van der Waals surface area contributed by atoms with E-state index in [0.29, 0.717) is 23.8 Å². The van der Waals surface area contributed by atoms with Crippen LogP contribution in [-0.2, 0) is 16.0 Å². The highest BCUT2D eigenvalue weighted by molar-refractivity contribution is 7.20. The molecule has 0 radical (unpaired) electrons. The Morgan fingerprint density at radius 1 is 1.16 bits per heavy atom. The van der Waals surface area contributed by atoms with Crippen molar-refractivity contribution in [3.8, 4) is 10.9 Å². The minimum atomic E-state index is -0.0890. The van der Waals surface area contributed by atoms with Gasteiger partial charge in [0.15, 0.2) is 0 Å². The number of aryl methyl sites for hydroxylation is 1. The van der Waals surface area contributed by atoms with E-state index in [0.717, 1.165) is 41.8 Å². The number of ether oxygens (including phenoxy) is 2. The predicted molar refractivity (Wildman–Crippen MR) is 125 cm³/mol. The SMILES string of the molecule is CCOC(=O)CCCN(C)C1(CCc2ccc(Oc3nc4ccccc4s3)cc2)CC1. The van der Waals surface area contributed by atoms with E-state index >= 15 is 0 Å². The van der Waals surface area contributed by atoms with Crippen molar-refractivity contribution in [2.45, 2.75) is 51.0 Å². The Kier molecular flexibility index (Phi) is 6.88. The van der Waals surface area contributed by atoms with Gasteiger partial charge < -0.3 is 14.4 Å². The summed E-state index contributed by atoms with van der Waals surface area (Å²) in [6.07, 6.45) is 6.02. The molecule has 3 aromatic rings. The van der Waals surface area contributed by atoms with Gasteiger partial charge in [-0.3, -0.25) is 4.79 Å². The number of nitrogens with zero attached hydrogens (tertiary/aromatic N) is 2. The Morgan fingerprint density at radius 3 is 2.65 bits per heavy atom. The third kappa shape index (κ3) is 5.63. The Morgan fingerprint density at radius 2 is 1.94 bits per heavy atom. The van der Waals surface area contributed by atoms with Crippen LogP contribution in [0, 0.1) is 0 Å². The number of thiazole rings is 1. The lowest BCUT2D eigenvalue weighted by molar-refractivity contribution is -0.143. The quantitative estimate of drug-likeness (QED) is 0.353. The molecule has 1 fully saturated rings. The Bertz CT molecular complexity index is 978. The van der Waals surface area contributed by atoms with Crippen LogP contribution in [0.5, 0.6) is 10.9 Å². The van der Waals surface area contributed by atoms with Crippen LogP contribution < -0.4 is 4.74 Å². The van der Waals surface area contributed by atoms with Crippen molar-refractivity contribution in [3.05, 3.63) is 54.1 Å². The van der Waals surface area contributed by atoms with Crippen LogP contribution in [0.15, 0.2) is 48.5 Å². The van der Waals surface area contributed by atoms with Crippen molar-refractivity contribution in [1.82, 2.24) is 9.88 Å². The number of hydrogen-bond acceptors (Lipinski definition) is 6. The highest BCUT2D eigenvalue weighted by Crippen LogP contribution is 2.45. The van der Waals surface area contributed by atoms with Gasteiger partial charge in [0.1, 0.15) is 5.75 Å². The molecule has 5 nitrogen and oxygen atoms in total. The van der Waals surface area contributed by atoms with Crippen LogP contribution in [0.2, 0.25) is 0 Å². The first-order valence-corrected chi connectivity index (χ1v) is 11.9. The maximum absolute atomic E-state index is 11.5. The van der Waals surface area contributed by atoms with Gasteiger partial charge in [0.2, 0.25) is 0 Å². The van der Waals surface area contributed by atoms with Crippen molar-refractivity contribution in [2.24, 2.45) is 0 Å². The largest absolute Gasteiger partial charge is 0.466 e. The van der Waals surface area contributed by atoms with Crippen LogP contribution >= 0.6 is 11.3 Å². The summed E-state index contributed by atoms with van der Waals surface area (Å²) in [5, 5.41) is 0.676. The zero-order chi connectivity index (χ0) is 21.7. The summed E-state index contributed by atoms with van der Waals surface area (Å²) in [5.74, 6) is 0.730. The summed E-state index contributed by atoms with van der Waals surface area (Å²) in [4.78, 5) is 18.5. The predicted octanol–water partition coefficient (Wildman–Crippen LogP) is 5.83. The van der Waals surface area contributed by atoms with Crippen LogP contribution in [0.3, 0.4) is 0 Å². The van der Waals surface area contributed by atoms with Gasteiger partial charge in [-0.1, -0.05) is 35.6 Å². The molecule has 1 aliphatic carbocycles. The van der Waals surface area contributed by atoms with Crippen LogP contribution in [-0.4, -0.2) is 41.6 Å². The summed E-state index contributed by atoms with van der Waals surface area (Å²) in [6, 6.07) is 16.4. The van der Waals surface area contributed by atoms with Crippen LogP contribution in [0.1, 0.15) is 44.6 Å². The Balaban J connectivity index is 1.25. The number of para-hydroxylation sites is 1. The zero-order valence-electron chi connectivity index (χ0n) is 18.3. The topological polar surface area (TPSA) is 51.7 Å². The molecule has 4 rings (SSSR count). The molecule has 0 atom stereocenters. The summed E-state index contributed by atoms with van der Waals surface area (Å²) in [6.45, 7) is 3.25. The molecule has 1 saturated carbocycles. The van der Waals surface area contributed by atoms with Gasteiger partial charge in [-0.2, -0.15) is 0 Å². The third-order valence-corrected chi connectivity index (χ3v) is 7.01. The first-order chi connectivity index (χ1) is 15.1. The monoisotopic (exact) mass is 438 g/mol. The van der Waals surface area contributed by atoms with Gasteiger partial charge in [-0.15, -0.1) is 0 Å². The number of fused-ring (bicyclic) bond motifs is 1. The molecule has 2 aromatic carbocycles. The fraction of sp³-hybridized carbons (Fsp3) is 0.440. The second-order valence-electron chi connectivity index (χ2n) is 8.25. The molecule has 0 saturated heterocycles. The fourth-order valence-corrected chi connectivity index (χ4v) is 4.83. The van der Waals surface area contributed by atoms with Crippen molar-refractivity contribution < 1.29 is 14.3 Å². The van der Waals surface area contributed by atoms with Crippen molar-refractivity contribution in [3.63, 3.8) is 0 Å². The van der Waals surface area contributed by atoms with Gasteiger partial charge in [0.05, 0.1) is 16.8 Å². The van der Waals surface area contributed by atoms with E-state index in [-0.39, 0.29) is 5.97 Å². The zero-order valence-corrected chi connectivity index (χ0v) is 19.1. The molecule has 0 bridgehead atoms. The molecule has 0 spiro atoms. The Hall–Kier alpha value is -2.44. The number of carbonyl (C=O) groups excluding carboxylic acids is 1. The highest BCUT2D eigenvalue weighted by atomic mass is 32.1. The van der Waals surface area contributed by atoms with Crippen molar-refractivity contribution in [1.29, 1.82) is 0 Å². The van der Waals surface area contributed by atoms with E-state index in [1.807, 2.05) is 37.3 Å². The number of benzene rings is 2. The number of hydrogen-bond donors (Lipinski definition) is 0. The fourth-order valence-electron chi connectivity index (χ4n) is 3.99. The van der Waals surface area contributed by atoms with Gasteiger partial charge in [0, 0.05) is 12.0 Å². The average Bonchev–Trinajstić information content (AvgIpc) is 3.46. The standard InChI is InChI=1S/C25H30N2O3S/c1-3-29-23(28)9-6-18-27(2)25(16-17-25)15-14-19-10-12-20(13-11-19)30-24-26-21-7-4-5-8-22(21)31-24/h4-5,7-8,10-13H,3,6,9,14-18H2,1-2H3. The number of esters is 1. The first kappa shape index (κ1) is 21.8. The lowest BCUT2D eigenvalue weighted by atomic mass is 10.0. The van der Waals surface area contributed by atoms with Gasteiger partial charge >= 0.3 is 5.97 Å². The second-order valence-corrected chi connectivity index (χ2v) is 9.24. The number of carbonyl (C=O) groups is 1. The molecule has 1 heterocycles. The molecule has 0 unspecified atom stereocenters. The summed E-state index contributed by atoms with van der Waals surface area (Å²) in [5.41, 5.74) is 2.59. The van der Waals surface area contributed by atoms with E-state index in [9.17, 15) is 4.79 Å². The summed E-state index contributed by atoms with van der Waals surface area (Å²) >= 11 is 1.56. The van der Waals surface area contributed by atoms with E-state index in [1.54, 1.807) is 11.3 Å². The molecule has 0 amide bonds. The second kappa shape index (κ2) is 9.79. The van der Waals surface area contributed by atoms with E-state index in [2.05, 4.69) is 35.1 Å². The first-order valence-electron chi connectivity index (χ1n) is 11.1. The molecule has 0 aliphatic heterocycles.